The van der Waals surface area contributed by atoms with Crippen LogP contribution in [0.5, 0.6) is 5.75 Å². The lowest BCUT2D eigenvalue weighted by molar-refractivity contribution is -0.118. The topological polar surface area (TPSA) is 54.5 Å². The molecule has 0 saturated heterocycles. The summed E-state index contributed by atoms with van der Waals surface area (Å²) in [6, 6.07) is 5.93. The number of anilines is 1. The Kier molecular flexibility index (Phi) is 5.16. The molecule has 1 aliphatic heterocycles. The van der Waals surface area contributed by atoms with E-state index in [2.05, 4.69) is 22.1 Å². The molecule has 1 aliphatic rings. The first-order valence-corrected chi connectivity index (χ1v) is 9.07. The predicted molar refractivity (Wildman–Crippen MR) is 96.8 cm³/mol. The number of hydrogen-bond donors (Lipinski definition) is 1. The number of fused-ring (bicyclic) bond motifs is 1. The summed E-state index contributed by atoms with van der Waals surface area (Å²) in [6.07, 6.45) is 0.953. The van der Waals surface area contributed by atoms with Crippen LogP contribution in [0.3, 0.4) is 0 Å². The lowest BCUT2D eigenvalue weighted by Gasteiger charge is -2.23. The second-order valence-electron chi connectivity index (χ2n) is 6.11. The fraction of sp³-hybridized carbons (Fsp3) is 0.444. The largest absolute Gasteiger partial charge is 0.483 e. The molecule has 24 heavy (non-hydrogen) atoms. The van der Waals surface area contributed by atoms with Crippen molar-refractivity contribution in [3.8, 4) is 5.75 Å². The summed E-state index contributed by atoms with van der Waals surface area (Å²) < 4.78 is 5.62. The molecule has 128 valence electrons. The minimum Gasteiger partial charge on any atom is -0.483 e. The van der Waals surface area contributed by atoms with E-state index >= 15 is 0 Å². The Bertz CT molecular complexity index is 742. The normalized spacial score (nSPS) is 14.3. The Hall–Kier alpha value is -1.92. The van der Waals surface area contributed by atoms with E-state index in [1.54, 1.807) is 11.3 Å². The summed E-state index contributed by atoms with van der Waals surface area (Å²) in [4.78, 5) is 20.3. The summed E-state index contributed by atoms with van der Waals surface area (Å²) in [5.74, 6) is 0.571. The summed E-state index contributed by atoms with van der Waals surface area (Å²) >= 11 is 1.57. The molecule has 0 unspecified atom stereocenters. The van der Waals surface area contributed by atoms with Gasteiger partial charge in [-0.15, -0.1) is 11.3 Å². The number of ether oxygens (including phenoxy) is 1. The van der Waals surface area contributed by atoms with Gasteiger partial charge in [0.15, 0.2) is 11.7 Å². The molecule has 1 amide bonds. The van der Waals surface area contributed by atoms with Gasteiger partial charge in [-0.05, 0) is 32.0 Å². The number of nitrogens with zero attached hydrogens (tertiary/aromatic N) is 2. The Morgan fingerprint density at radius 3 is 3.00 bits per heavy atom. The molecule has 0 bridgehead atoms. The van der Waals surface area contributed by atoms with Crippen LogP contribution in [0, 0.1) is 13.8 Å². The molecule has 1 aromatic carbocycles. The molecule has 6 heteroatoms. The van der Waals surface area contributed by atoms with E-state index in [1.807, 2.05) is 32.0 Å². The second kappa shape index (κ2) is 7.32. The van der Waals surface area contributed by atoms with Gasteiger partial charge in [0.05, 0.1) is 5.69 Å². The molecule has 2 aromatic rings. The number of likely N-dealkylation sites (N-methyl/N-ethyl adjacent to an activating group) is 1. The van der Waals surface area contributed by atoms with E-state index < -0.39 is 0 Å². The van der Waals surface area contributed by atoms with Gasteiger partial charge < -0.3 is 4.74 Å². The van der Waals surface area contributed by atoms with Gasteiger partial charge >= 0.3 is 0 Å². The van der Waals surface area contributed by atoms with E-state index in [9.17, 15) is 4.79 Å². The number of hydrogen-bond acceptors (Lipinski definition) is 5. The molecule has 2 heterocycles. The smallest absolute Gasteiger partial charge is 0.264 e. The van der Waals surface area contributed by atoms with Gasteiger partial charge in [-0.3, -0.25) is 15.0 Å². The van der Waals surface area contributed by atoms with Crippen molar-refractivity contribution in [2.24, 2.45) is 0 Å². The third-order valence-electron chi connectivity index (χ3n) is 4.19. The van der Waals surface area contributed by atoms with Crippen molar-refractivity contribution in [3.05, 3.63) is 39.9 Å². The highest BCUT2D eigenvalue weighted by Gasteiger charge is 2.20. The van der Waals surface area contributed by atoms with Crippen molar-refractivity contribution in [2.75, 3.05) is 25.0 Å². The number of aromatic nitrogens is 1. The van der Waals surface area contributed by atoms with Crippen molar-refractivity contribution in [1.29, 1.82) is 0 Å². The van der Waals surface area contributed by atoms with Crippen LogP contribution in [0.15, 0.2) is 18.2 Å². The third-order valence-corrected chi connectivity index (χ3v) is 5.19. The van der Waals surface area contributed by atoms with E-state index in [1.165, 1.54) is 10.4 Å². The maximum atomic E-state index is 12.1. The molecule has 0 atom stereocenters. The lowest BCUT2D eigenvalue weighted by atomic mass is 10.1. The first-order valence-electron chi connectivity index (χ1n) is 8.26. The number of amides is 1. The van der Waals surface area contributed by atoms with Gasteiger partial charge in [-0.2, -0.15) is 0 Å². The average Bonchev–Trinajstić information content (AvgIpc) is 2.95. The van der Waals surface area contributed by atoms with Gasteiger partial charge in [0, 0.05) is 24.4 Å². The molecular weight excluding hydrogens is 322 g/mol. The van der Waals surface area contributed by atoms with Crippen molar-refractivity contribution < 1.29 is 9.53 Å². The molecular formula is C18H23N3O2S. The van der Waals surface area contributed by atoms with Crippen LogP contribution in [0.25, 0.3) is 0 Å². The zero-order valence-corrected chi connectivity index (χ0v) is 15.2. The van der Waals surface area contributed by atoms with Crippen LogP contribution in [0.1, 0.15) is 28.6 Å². The van der Waals surface area contributed by atoms with Crippen molar-refractivity contribution in [1.82, 2.24) is 9.88 Å². The SMILES string of the molecule is CCN1CCc2nc(NC(=O)COc3ccc(C)cc3C)sc2C1. The molecule has 1 N–H and O–H groups in total. The molecule has 5 nitrogen and oxygen atoms in total. The standard InChI is InChI=1S/C18H23N3O2S/c1-4-21-8-7-14-16(10-21)24-18(19-14)20-17(22)11-23-15-6-5-12(2)9-13(15)3/h5-6,9H,4,7-8,10-11H2,1-3H3,(H,19,20,22). The quantitative estimate of drug-likeness (QED) is 0.904. The van der Waals surface area contributed by atoms with E-state index in [-0.39, 0.29) is 12.5 Å². The predicted octanol–water partition coefficient (Wildman–Crippen LogP) is 3.16. The van der Waals surface area contributed by atoms with Gasteiger partial charge in [0.2, 0.25) is 0 Å². The second-order valence-corrected chi connectivity index (χ2v) is 7.20. The number of nitrogens with one attached hydrogen (secondary N) is 1. The number of carbonyl (C=O) groups is 1. The number of rotatable bonds is 5. The molecule has 3 rings (SSSR count). The first-order chi connectivity index (χ1) is 11.5. The average molecular weight is 345 g/mol. The highest BCUT2D eigenvalue weighted by molar-refractivity contribution is 7.15. The zero-order valence-electron chi connectivity index (χ0n) is 14.4. The number of aryl methyl sites for hydroxylation is 2. The summed E-state index contributed by atoms with van der Waals surface area (Å²) in [5, 5.41) is 3.53. The van der Waals surface area contributed by atoms with Gasteiger partial charge in [-0.25, -0.2) is 4.98 Å². The highest BCUT2D eigenvalue weighted by atomic mass is 32.1. The summed E-state index contributed by atoms with van der Waals surface area (Å²) in [5.41, 5.74) is 3.33. The monoisotopic (exact) mass is 345 g/mol. The van der Waals surface area contributed by atoms with Crippen LogP contribution in [0.2, 0.25) is 0 Å². The number of carbonyl (C=O) groups excluding carboxylic acids is 1. The fourth-order valence-electron chi connectivity index (χ4n) is 2.83. The van der Waals surface area contributed by atoms with Gasteiger partial charge in [0.1, 0.15) is 5.75 Å². The van der Waals surface area contributed by atoms with Crippen LogP contribution >= 0.6 is 11.3 Å². The minimum atomic E-state index is -0.173. The van der Waals surface area contributed by atoms with Crippen molar-refractivity contribution >= 4 is 22.4 Å². The van der Waals surface area contributed by atoms with Crippen LogP contribution in [0.4, 0.5) is 5.13 Å². The maximum absolute atomic E-state index is 12.1. The van der Waals surface area contributed by atoms with Crippen molar-refractivity contribution in [2.45, 2.75) is 33.7 Å². The van der Waals surface area contributed by atoms with Crippen LogP contribution in [-0.2, 0) is 17.8 Å². The highest BCUT2D eigenvalue weighted by Crippen LogP contribution is 2.28. The van der Waals surface area contributed by atoms with E-state index in [0.29, 0.717) is 5.13 Å². The lowest BCUT2D eigenvalue weighted by Crippen LogP contribution is -2.29. The Morgan fingerprint density at radius 1 is 1.42 bits per heavy atom. The molecule has 0 radical (unpaired) electrons. The Labute approximate surface area is 146 Å². The number of benzene rings is 1. The van der Waals surface area contributed by atoms with Crippen LogP contribution < -0.4 is 10.1 Å². The van der Waals surface area contributed by atoms with Crippen LogP contribution in [-0.4, -0.2) is 35.5 Å². The summed E-state index contributed by atoms with van der Waals surface area (Å²) in [7, 11) is 0. The van der Waals surface area contributed by atoms with E-state index in [0.717, 1.165) is 43.1 Å². The number of thiazole rings is 1. The first kappa shape index (κ1) is 16.9. The van der Waals surface area contributed by atoms with E-state index in [4.69, 9.17) is 4.74 Å². The Balaban J connectivity index is 1.56. The minimum absolute atomic E-state index is 0.00473. The Morgan fingerprint density at radius 2 is 2.25 bits per heavy atom. The molecule has 0 fully saturated rings. The molecule has 1 aromatic heterocycles. The zero-order chi connectivity index (χ0) is 17.1. The molecule has 0 aliphatic carbocycles. The van der Waals surface area contributed by atoms with Crippen molar-refractivity contribution in [3.63, 3.8) is 0 Å². The fourth-order valence-corrected chi connectivity index (χ4v) is 3.90. The van der Waals surface area contributed by atoms with Gasteiger partial charge in [-0.1, -0.05) is 24.6 Å². The maximum Gasteiger partial charge on any atom is 0.264 e. The molecule has 0 spiro atoms. The third kappa shape index (κ3) is 3.94. The van der Waals surface area contributed by atoms with Gasteiger partial charge in [0.25, 0.3) is 5.91 Å². The molecule has 0 saturated carbocycles. The summed E-state index contributed by atoms with van der Waals surface area (Å²) in [6.45, 7) is 9.19.